The Labute approximate surface area is 160 Å². The van der Waals surface area contributed by atoms with Crippen LogP contribution in [0.4, 0.5) is 0 Å². The van der Waals surface area contributed by atoms with E-state index in [1.54, 1.807) is 12.3 Å². The van der Waals surface area contributed by atoms with Gasteiger partial charge < -0.3 is 9.64 Å². The van der Waals surface area contributed by atoms with Crippen LogP contribution in [0.3, 0.4) is 0 Å². The Morgan fingerprint density at radius 3 is 2.73 bits per heavy atom. The zero-order valence-electron chi connectivity index (χ0n) is 14.2. The summed E-state index contributed by atoms with van der Waals surface area (Å²) in [7, 11) is 0. The number of amides is 1. The average molecular weight is 412 g/mol. The van der Waals surface area contributed by atoms with E-state index >= 15 is 0 Å². The van der Waals surface area contributed by atoms with E-state index in [9.17, 15) is 4.79 Å². The van der Waals surface area contributed by atoms with Gasteiger partial charge in [0.25, 0.3) is 5.91 Å². The molecular formula is C20H18BrN3O2. The summed E-state index contributed by atoms with van der Waals surface area (Å²) in [4.78, 5) is 18.9. The molecule has 0 unspecified atom stereocenters. The number of nitrogens with zero attached hydrogens (tertiary/aromatic N) is 3. The van der Waals surface area contributed by atoms with Gasteiger partial charge in [-0.05, 0) is 71.9 Å². The van der Waals surface area contributed by atoms with Gasteiger partial charge in [-0.25, -0.2) is 0 Å². The molecule has 1 saturated carbocycles. The molecule has 4 rings (SSSR count). The average Bonchev–Trinajstić information content (AvgIpc) is 3.00. The lowest BCUT2D eigenvalue weighted by Gasteiger charge is -2.34. The van der Waals surface area contributed by atoms with Gasteiger partial charge in [-0.1, -0.05) is 0 Å². The standard InChI is InChI=1S/C20H18BrN3O2/c21-18-10-16(6-3-13(18)11-22)26-15-7-4-14(5-8-15)24-12-19-17(20(24)25)2-1-9-23-19/h1-3,6,9-10,14-15H,4-5,7-8,12H2/t14-,15-. The second kappa shape index (κ2) is 7.08. The van der Waals surface area contributed by atoms with E-state index in [4.69, 9.17) is 10.00 Å². The molecule has 0 spiro atoms. The molecule has 2 aliphatic rings. The molecule has 1 aromatic heterocycles. The third kappa shape index (κ3) is 3.19. The van der Waals surface area contributed by atoms with Gasteiger partial charge in [0, 0.05) is 16.7 Å². The Bertz CT molecular complexity index is 885. The summed E-state index contributed by atoms with van der Waals surface area (Å²) in [5.41, 5.74) is 2.23. The molecule has 1 aliphatic heterocycles. The summed E-state index contributed by atoms with van der Waals surface area (Å²) < 4.78 is 6.83. The third-order valence-electron chi connectivity index (χ3n) is 5.15. The molecule has 0 saturated heterocycles. The number of hydrogen-bond acceptors (Lipinski definition) is 4. The molecular weight excluding hydrogens is 394 g/mol. The fourth-order valence-corrected chi connectivity index (χ4v) is 4.21. The number of pyridine rings is 1. The maximum atomic E-state index is 12.6. The second-order valence-corrected chi connectivity index (χ2v) is 7.59. The van der Waals surface area contributed by atoms with Gasteiger partial charge in [0.2, 0.25) is 0 Å². The molecule has 2 heterocycles. The van der Waals surface area contributed by atoms with E-state index in [0.717, 1.165) is 47.2 Å². The number of fused-ring (bicyclic) bond motifs is 1. The Kier molecular flexibility index (Phi) is 4.64. The van der Waals surface area contributed by atoms with Crippen molar-refractivity contribution in [2.45, 2.75) is 44.4 Å². The third-order valence-corrected chi connectivity index (χ3v) is 5.81. The molecule has 0 atom stereocenters. The van der Waals surface area contributed by atoms with E-state index in [-0.39, 0.29) is 18.1 Å². The number of ether oxygens (including phenoxy) is 1. The SMILES string of the molecule is N#Cc1ccc(O[C@H]2CC[C@H](N3Cc4ncccc4C3=O)CC2)cc1Br. The Morgan fingerprint density at radius 2 is 2.04 bits per heavy atom. The van der Waals surface area contributed by atoms with Crippen molar-refractivity contribution < 1.29 is 9.53 Å². The number of aromatic nitrogens is 1. The number of carbonyl (C=O) groups excluding carboxylic acids is 1. The number of benzene rings is 1. The maximum Gasteiger partial charge on any atom is 0.256 e. The molecule has 26 heavy (non-hydrogen) atoms. The zero-order valence-corrected chi connectivity index (χ0v) is 15.8. The van der Waals surface area contributed by atoms with Crippen LogP contribution in [0.15, 0.2) is 41.0 Å². The molecule has 6 heteroatoms. The van der Waals surface area contributed by atoms with Crippen molar-refractivity contribution in [3.8, 4) is 11.8 Å². The van der Waals surface area contributed by atoms with Gasteiger partial charge in [-0.15, -0.1) is 0 Å². The van der Waals surface area contributed by atoms with Crippen molar-refractivity contribution in [3.05, 3.63) is 57.8 Å². The topological polar surface area (TPSA) is 66.2 Å². The van der Waals surface area contributed by atoms with Crippen LogP contribution in [0.2, 0.25) is 0 Å². The van der Waals surface area contributed by atoms with Crippen molar-refractivity contribution in [1.82, 2.24) is 9.88 Å². The molecule has 2 aromatic rings. The Morgan fingerprint density at radius 1 is 1.23 bits per heavy atom. The molecule has 1 aromatic carbocycles. The number of halogens is 1. The molecule has 5 nitrogen and oxygen atoms in total. The first-order valence-electron chi connectivity index (χ1n) is 8.77. The summed E-state index contributed by atoms with van der Waals surface area (Å²) in [5, 5.41) is 8.99. The van der Waals surface area contributed by atoms with Crippen LogP contribution in [0, 0.1) is 11.3 Å². The highest BCUT2D eigenvalue weighted by Crippen LogP contribution is 2.32. The van der Waals surface area contributed by atoms with Crippen LogP contribution in [-0.4, -0.2) is 27.9 Å². The van der Waals surface area contributed by atoms with Crippen LogP contribution in [-0.2, 0) is 6.54 Å². The number of nitriles is 1. The predicted octanol–water partition coefficient (Wildman–Crippen LogP) is 4.06. The van der Waals surface area contributed by atoms with Crippen molar-refractivity contribution in [2.75, 3.05) is 0 Å². The van der Waals surface area contributed by atoms with Gasteiger partial charge >= 0.3 is 0 Å². The van der Waals surface area contributed by atoms with Crippen LogP contribution in [0.5, 0.6) is 5.75 Å². The minimum Gasteiger partial charge on any atom is -0.490 e. The van der Waals surface area contributed by atoms with E-state index in [0.29, 0.717) is 12.1 Å². The first-order valence-corrected chi connectivity index (χ1v) is 9.56. The molecule has 1 aliphatic carbocycles. The fraction of sp³-hybridized carbons (Fsp3) is 0.350. The number of carbonyl (C=O) groups is 1. The normalized spacial score (nSPS) is 22.0. The van der Waals surface area contributed by atoms with Gasteiger partial charge in [0.1, 0.15) is 11.8 Å². The highest BCUT2D eigenvalue weighted by Gasteiger charge is 2.35. The van der Waals surface area contributed by atoms with E-state index < -0.39 is 0 Å². The predicted molar refractivity (Wildman–Crippen MR) is 99.6 cm³/mol. The molecule has 0 bridgehead atoms. The summed E-state index contributed by atoms with van der Waals surface area (Å²) >= 11 is 3.39. The van der Waals surface area contributed by atoms with Gasteiger partial charge in [-0.3, -0.25) is 9.78 Å². The Hall–Kier alpha value is -2.39. The number of hydrogen-bond donors (Lipinski definition) is 0. The quantitative estimate of drug-likeness (QED) is 0.763. The molecule has 0 N–H and O–H groups in total. The van der Waals surface area contributed by atoms with Crippen molar-refractivity contribution in [2.24, 2.45) is 0 Å². The monoisotopic (exact) mass is 411 g/mol. The van der Waals surface area contributed by atoms with Crippen LogP contribution >= 0.6 is 15.9 Å². The van der Waals surface area contributed by atoms with Crippen molar-refractivity contribution >= 4 is 21.8 Å². The van der Waals surface area contributed by atoms with Gasteiger partial charge in [0.05, 0.1) is 29.5 Å². The first-order chi connectivity index (χ1) is 12.7. The highest BCUT2D eigenvalue weighted by molar-refractivity contribution is 9.10. The second-order valence-electron chi connectivity index (χ2n) is 6.73. The maximum absolute atomic E-state index is 12.6. The van der Waals surface area contributed by atoms with Crippen LogP contribution in [0.1, 0.15) is 47.3 Å². The van der Waals surface area contributed by atoms with E-state index in [2.05, 4.69) is 27.0 Å². The molecule has 132 valence electrons. The smallest absolute Gasteiger partial charge is 0.256 e. The fourth-order valence-electron chi connectivity index (χ4n) is 3.77. The van der Waals surface area contributed by atoms with Crippen molar-refractivity contribution in [3.63, 3.8) is 0 Å². The number of rotatable bonds is 3. The lowest BCUT2D eigenvalue weighted by Crippen LogP contribution is -2.40. The first kappa shape index (κ1) is 17.0. The van der Waals surface area contributed by atoms with E-state index in [1.807, 2.05) is 29.2 Å². The van der Waals surface area contributed by atoms with Crippen molar-refractivity contribution in [1.29, 1.82) is 5.26 Å². The molecule has 0 radical (unpaired) electrons. The van der Waals surface area contributed by atoms with E-state index in [1.165, 1.54) is 0 Å². The minimum atomic E-state index is 0.105. The zero-order chi connectivity index (χ0) is 18.1. The summed E-state index contributed by atoms with van der Waals surface area (Å²) in [5.74, 6) is 0.877. The van der Waals surface area contributed by atoms with Gasteiger partial charge in [-0.2, -0.15) is 5.26 Å². The van der Waals surface area contributed by atoms with Crippen LogP contribution < -0.4 is 4.74 Å². The summed E-state index contributed by atoms with van der Waals surface area (Å²) in [6, 6.07) is 11.5. The highest BCUT2D eigenvalue weighted by atomic mass is 79.9. The largest absolute Gasteiger partial charge is 0.490 e. The van der Waals surface area contributed by atoms with Gasteiger partial charge in [0.15, 0.2) is 0 Å². The molecule has 1 fully saturated rings. The summed E-state index contributed by atoms with van der Waals surface area (Å²) in [6.07, 6.45) is 5.58. The lowest BCUT2D eigenvalue weighted by molar-refractivity contribution is 0.0560. The van der Waals surface area contributed by atoms with Crippen LogP contribution in [0.25, 0.3) is 0 Å². The lowest BCUT2D eigenvalue weighted by atomic mass is 9.92. The minimum absolute atomic E-state index is 0.105. The Balaban J connectivity index is 1.36. The summed E-state index contributed by atoms with van der Waals surface area (Å²) in [6.45, 7) is 0.619. The molecule has 1 amide bonds.